The maximum absolute atomic E-state index is 2.62. The van der Waals surface area contributed by atoms with Gasteiger partial charge in [-0.05, 0) is 0 Å². The first-order valence-electron chi connectivity index (χ1n) is 9.71. The zero-order valence-electron chi connectivity index (χ0n) is 15.7. The minimum atomic E-state index is -1.40. The van der Waals surface area contributed by atoms with Crippen molar-refractivity contribution in [3.63, 3.8) is 0 Å². The first-order valence-corrected chi connectivity index (χ1v) is 11.9. The number of hydrogen-bond acceptors (Lipinski definition) is 0. The first kappa shape index (κ1) is 17.8. The Morgan fingerprint density at radius 3 is 1.05 bits per heavy atom. The topological polar surface area (TPSA) is 0 Å². The molecule has 0 radical (unpaired) electrons. The Balaban J connectivity index is 2.47. The van der Waals surface area contributed by atoms with Crippen LogP contribution in [0.4, 0.5) is 0 Å². The van der Waals surface area contributed by atoms with E-state index in [2.05, 4.69) is 41.5 Å². The molecule has 2 fully saturated rings. The van der Waals surface area contributed by atoms with Crippen LogP contribution in [0.3, 0.4) is 0 Å². The normalized spacial score (nSPS) is 25.0. The van der Waals surface area contributed by atoms with E-state index in [0.29, 0.717) is 10.3 Å². The summed E-state index contributed by atoms with van der Waals surface area (Å²) in [6, 6.07) is 0. The standard InChI is InChI=1S/C20H41P/c1-19(2,3)21(20(4,5)6,17-13-9-7-10-14-17)18-15-11-8-12-16-18/h17-18,21H,7-16H2,1-6H3. The van der Waals surface area contributed by atoms with Gasteiger partial charge in [-0.3, -0.25) is 0 Å². The number of hydrogen-bond donors (Lipinski definition) is 0. The Kier molecular flexibility index (Phi) is 5.51. The third-order valence-corrected chi connectivity index (χ3v) is 15.7. The Morgan fingerprint density at radius 1 is 0.524 bits per heavy atom. The van der Waals surface area contributed by atoms with Crippen LogP contribution in [-0.2, 0) is 0 Å². The van der Waals surface area contributed by atoms with Crippen molar-refractivity contribution in [3.05, 3.63) is 0 Å². The summed E-state index contributed by atoms with van der Waals surface area (Å²) in [6.45, 7) is 15.7. The van der Waals surface area contributed by atoms with Crippen LogP contribution >= 0.6 is 7.26 Å². The van der Waals surface area contributed by atoms with E-state index < -0.39 is 7.26 Å². The number of rotatable bonds is 2. The molecule has 0 spiro atoms. The van der Waals surface area contributed by atoms with Crippen LogP contribution in [0.15, 0.2) is 0 Å². The van der Waals surface area contributed by atoms with Crippen molar-refractivity contribution in [2.45, 2.75) is 127 Å². The average Bonchev–Trinajstić information content (AvgIpc) is 2.38. The van der Waals surface area contributed by atoms with Gasteiger partial charge in [0.1, 0.15) is 0 Å². The molecule has 0 aromatic carbocycles. The summed E-state index contributed by atoms with van der Waals surface area (Å²) >= 11 is 0. The predicted molar refractivity (Wildman–Crippen MR) is 102 cm³/mol. The molecule has 0 heterocycles. The summed E-state index contributed by atoms with van der Waals surface area (Å²) in [5.74, 6) is 0. The first-order chi connectivity index (χ1) is 9.71. The summed E-state index contributed by atoms with van der Waals surface area (Å²) in [7, 11) is -1.40. The molecule has 21 heavy (non-hydrogen) atoms. The Labute approximate surface area is 135 Å². The average molecular weight is 313 g/mol. The van der Waals surface area contributed by atoms with E-state index in [1.54, 1.807) is 25.7 Å². The molecule has 2 aliphatic carbocycles. The molecule has 0 unspecified atom stereocenters. The van der Waals surface area contributed by atoms with Gasteiger partial charge in [-0.2, -0.15) is 0 Å². The van der Waals surface area contributed by atoms with Gasteiger partial charge in [0, 0.05) is 0 Å². The third-order valence-electron chi connectivity index (χ3n) is 6.98. The van der Waals surface area contributed by atoms with Crippen LogP contribution in [-0.4, -0.2) is 21.6 Å². The fraction of sp³-hybridized carbons (Fsp3) is 1.00. The van der Waals surface area contributed by atoms with Crippen molar-refractivity contribution >= 4 is 7.26 Å². The molecule has 0 amide bonds. The van der Waals surface area contributed by atoms with Crippen molar-refractivity contribution in [1.82, 2.24) is 0 Å². The van der Waals surface area contributed by atoms with Gasteiger partial charge in [0.15, 0.2) is 0 Å². The molecule has 0 bridgehead atoms. The van der Waals surface area contributed by atoms with Crippen LogP contribution in [0.1, 0.15) is 106 Å². The Bertz CT molecular complexity index is 285. The fourth-order valence-electron chi connectivity index (χ4n) is 7.02. The Morgan fingerprint density at radius 2 is 0.810 bits per heavy atom. The molecule has 0 aromatic rings. The van der Waals surface area contributed by atoms with Gasteiger partial charge in [-0.15, -0.1) is 0 Å². The van der Waals surface area contributed by atoms with E-state index in [-0.39, 0.29) is 0 Å². The zero-order valence-corrected chi connectivity index (χ0v) is 16.7. The summed E-state index contributed by atoms with van der Waals surface area (Å²) in [6.07, 6.45) is 15.3. The quantitative estimate of drug-likeness (QED) is 0.481. The van der Waals surface area contributed by atoms with Crippen LogP contribution in [0, 0.1) is 0 Å². The van der Waals surface area contributed by atoms with Gasteiger partial charge in [0.2, 0.25) is 0 Å². The van der Waals surface area contributed by atoms with Crippen molar-refractivity contribution < 1.29 is 0 Å². The van der Waals surface area contributed by atoms with Gasteiger partial charge in [0.05, 0.1) is 0 Å². The van der Waals surface area contributed by atoms with Crippen LogP contribution in [0.5, 0.6) is 0 Å². The molecule has 0 atom stereocenters. The Hall–Kier alpha value is 0.430. The molecule has 2 saturated carbocycles. The second kappa shape index (κ2) is 6.51. The second-order valence-corrected chi connectivity index (χ2v) is 16.4. The molecule has 0 nitrogen and oxygen atoms in total. The molecule has 0 aliphatic heterocycles. The molecular formula is C20H41P. The van der Waals surface area contributed by atoms with Crippen LogP contribution in [0.25, 0.3) is 0 Å². The molecule has 2 rings (SSSR count). The predicted octanol–water partition coefficient (Wildman–Crippen LogP) is 7.00. The second-order valence-electron chi connectivity index (χ2n) is 10.0. The van der Waals surface area contributed by atoms with E-state index in [1.807, 2.05) is 0 Å². The van der Waals surface area contributed by atoms with Gasteiger partial charge in [-0.25, -0.2) is 0 Å². The zero-order chi connectivity index (χ0) is 15.7. The van der Waals surface area contributed by atoms with E-state index in [0.717, 1.165) is 11.3 Å². The van der Waals surface area contributed by atoms with Gasteiger partial charge < -0.3 is 0 Å². The summed E-state index contributed by atoms with van der Waals surface area (Å²) in [4.78, 5) is 0. The van der Waals surface area contributed by atoms with Gasteiger partial charge >= 0.3 is 135 Å². The molecule has 0 saturated heterocycles. The molecule has 0 N–H and O–H groups in total. The van der Waals surface area contributed by atoms with Gasteiger partial charge in [0.25, 0.3) is 0 Å². The van der Waals surface area contributed by atoms with E-state index in [4.69, 9.17) is 0 Å². The molecule has 0 aromatic heterocycles. The molecule has 2 aliphatic rings. The maximum atomic E-state index is 2.62. The van der Waals surface area contributed by atoms with E-state index in [9.17, 15) is 0 Å². The summed E-state index contributed by atoms with van der Waals surface area (Å²) < 4.78 is 0. The van der Waals surface area contributed by atoms with Crippen molar-refractivity contribution in [3.8, 4) is 0 Å². The van der Waals surface area contributed by atoms with Crippen molar-refractivity contribution in [2.75, 3.05) is 0 Å². The SMILES string of the molecule is CC(C)(C)[PH](C1CCCCC1)(C1CCCCC1)C(C)(C)C. The van der Waals surface area contributed by atoms with Crippen LogP contribution < -0.4 is 0 Å². The van der Waals surface area contributed by atoms with Gasteiger partial charge in [-0.1, -0.05) is 0 Å². The van der Waals surface area contributed by atoms with Crippen molar-refractivity contribution in [1.29, 1.82) is 0 Å². The summed E-state index contributed by atoms with van der Waals surface area (Å²) in [5, 5.41) is 1.10. The summed E-state index contributed by atoms with van der Waals surface area (Å²) in [5.41, 5.74) is 2.18. The minimum absolute atomic E-state index is 0.551. The fourth-order valence-corrected chi connectivity index (χ4v) is 17.5. The third kappa shape index (κ3) is 3.22. The van der Waals surface area contributed by atoms with Crippen LogP contribution in [0.2, 0.25) is 0 Å². The molecule has 126 valence electrons. The van der Waals surface area contributed by atoms with Crippen molar-refractivity contribution in [2.24, 2.45) is 0 Å². The van der Waals surface area contributed by atoms with E-state index in [1.165, 1.54) is 38.5 Å². The molecular weight excluding hydrogens is 271 g/mol. The van der Waals surface area contributed by atoms with E-state index >= 15 is 0 Å². The monoisotopic (exact) mass is 312 g/mol. The molecule has 1 heteroatoms.